The SMILES string of the molecule is Cc1nc(C2CCCOC2)nc(N)c1Br. The highest BCUT2D eigenvalue weighted by Gasteiger charge is 2.20. The van der Waals surface area contributed by atoms with Gasteiger partial charge in [0.1, 0.15) is 11.6 Å². The number of aromatic nitrogens is 2. The molecule has 2 heterocycles. The molecule has 1 aromatic heterocycles. The third-order valence-electron chi connectivity index (χ3n) is 2.59. The Hall–Kier alpha value is -0.680. The Morgan fingerprint density at radius 3 is 2.87 bits per heavy atom. The Kier molecular flexibility index (Phi) is 3.21. The van der Waals surface area contributed by atoms with E-state index in [1.807, 2.05) is 6.92 Å². The minimum Gasteiger partial charge on any atom is -0.383 e. The van der Waals surface area contributed by atoms with Gasteiger partial charge in [0.05, 0.1) is 16.8 Å². The summed E-state index contributed by atoms with van der Waals surface area (Å²) in [6, 6.07) is 0. The Balaban J connectivity index is 2.27. The molecule has 82 valence electrons. The van der Waals surface area contributed by atoms with Gasteiger partial charge in [0.2, 0.25) is 0 Å². The number of rotatable bonds is 1. The van der Waals surface area contributed by atoms with Crippen LogP contribution in [0.1, 0.15) is 30.3 Å². The molecule has 0 spiro atoms. The van der Waals surface area contributed by atoms with Gasteiger partial charge in [0.25, 0.3) is 0 Å². The highest BCUT2D eigenvalue weighted by molar-refractivity contribution is 9.10. The zero-order chi connectivity index (χ0) is 10.8. The van der Waals surface area contributed by atoms with Crippen LogP contribution in [0.3, 0.4) is 0 Å². The second kappa shape index (κ2) is 4.45. The predicted molar refractivity (Wildman–Crippen MR) is 61.7 cm³/mol. The van der Waals surface area contributed by atoms with Gasteiger partial charge in [-0.05, 0) is 35.7 Å². The zero-order valence-electron chi connectivity index (χ0n) is 8.66. The van der Waals surface area contributed by atoms with Gasteiger partial charge >= 0.3 is 0 Å². The summed E-state index contributed by atoms with van der Waals surface area (Å²) in [5.74, 6) is 1.63. The summed E-state index contributed by atoms with van der Waals surface area (Å²) in [6.07, 6.45) is 2.16. The summed E-state index contributed by atoms with van der Waals surface area (Å²) in [4.78, 5) is 8.74. The first-order chi connectivity index (χ1) is 7.18. The van der Waals surface area contributed by atoms with Crippen LogP contribution in [0, 0.1) is 6.92 Å². The van der Waals surface area contributed by atoms with Gasteiger partial charge in [-0.3, -0.25) is 0 Å². The summed E-state index contributed by atoms with van der Waals surface area (Å²) in [5, 5.41) is 0. The van der Waals surface area contributed by atoms with Crippen molar-refractivity contribution >= 4 is 21.7 Å². The highest BCUT2D eigenvalue weighted by Crippen LogP contribution is 2.27. The maximum atomic E-state index is 5.79. The molecule has 1 aliphatic rings. The van der Waals surface area contributed by atoms with Crippen LogP contribution >= 0.6 is 15.9 Å². The maximum Gasteiger partial charge on any atom is 0.141 e. The smallest absolute Gasteiger partial charge is 0.141 e. The number of aryl methyl sites for hydroxylation is 1. The molecule has 15 heavy (non-hydrogen) atoms. The Bertz CT molecular complexity index is 341. The van der Waals surface area contributed by atoms with Crippen LogP contribution in [0.25, 0.3) is 0 Å². The van der Waals surface area contributed by atoms with E-state index in [4.69, 9.17) is 10.5 Å². The molecule has 1 aliphatic heterocycles. The molecule has 1 unspecified atom stereocenters. The zero-order valence-corrected chi connectivity index (χ0v) is 10.2. The molecule has 0 amide bonds. The Labute approximate surface area is 97.4 Å². The largest absolute Gasteiger partial charge is 0.383 e. The Morgan fingerprint density at radius 1 is 1.47 bits per heavy atom. The number of hydrogen-bond donors (Lipinski definition) is 1. The van der Waals surface area contributed by atoms with Crippen molar-refractivity contribution in [2.45, 2.75) is 25.7 Å². The van der Waals surface area contributed by atoms with Crippen molar-refractivity contribution in [1.29, 1.82) is 0 Å². The third kappa shape index (κ3) is 2.29. The first-order valence-electron chi connectivity index (χ1n) is 5.05. The number of halogens is 1. The number of nitrogen functional groups attached to an aromatic ring is 1. The Morgan fingerprint density at radius 2 is 2.27 bits per heavy atom. The van der Waals surface area contributed by atoms with Crippen LogP contribution < -0.4 is 5.73 Å². The van der Waals surface area contributed by atoms with Gasteiger partial charge in [-0.1, -0.05) is 0 Å². The van der Waals surface area contributed by atoms with Crippen LogP contribution in [-0.2, 0) is 4.74 Å². The molecule has 4 nitrogen and oxygen atoms in total. The van der Waals surface area contributed by atoms with E-state index in [0.717, 1.165) is 35.4 Å². The van der Waals surface area contributed by atoms with Gasteiger partial charge in [-0.25, -0.2) is 9.97 Å². The molecule has 0 aliphatic carbocycles. The van der Waals surface area contributed by atoms with Crippen LogP contribution in [0.5, 0.6) is 0 Å². The van der Waals surface area contributed by atoms with Gasteiger partial charge in [-0.15, -0.1) is 0 Å². The minimum absolute atomic E-state index is 0.299. The molecule has 2 N–H and O–H groups in total. The van der Waals surface area contributed by atoms with E-state index in [0.29, 0.717) is 18.3 Å². The molecule has 1 saturated heterocycles. The number of anilines is 1. The number of ether oxygens (including phenoxy) is 1. The molecule has 1 aromatic rings. The predicted octanol–water partition coefficient (Wildman–Crippen LogP) is 2.02. The summed E-state index contributed by atoms with van der Waals surface area (Å²) >= 11 is 3.36. The fraction of sp³-hybridized carbons (Fsp3) is 0.600. The highest BCUT2D eigenvalue weighted by atomic mass is 79.9. The van der Waals surface area contributed by atoms with Crippen molar-refractivity contribution in [2.75, 3.05) is 18.9 Å². The molecule has 0 radical (unpaired) electrons. The number of hydrogen-bond acceptors (Lipinski definition) is 4. The summed E-state index contributed by atoms with van der Waals surface area (Å²) in [6.45, 7) is 3.48. The molecule has 2 rings (SSSR count). The summed E-state index contributed by atoms with van der Waals surface area (Å²) in [5.41, 5.74) is 6.68. The fourth-order valence-electron chi connectivity index (χ4n) is 1.73. The minimum atomic E-state index is 0.299. The molecule has 0 bridgehead atoms. The lowest BCUT2D eigenvalue weighted by Crippen LogP contribution is -2.19. The van der Waals surface area contributed by atoms with E-state index in [1.54, 1.807) is 0 Å². The van der Waals surface area contributed by atoms with E-state index >= 15 is 0 Å². The second-order valence-corrected chi connectivity index (χ2v) is 4.57. The first-order valence-corrected chi connectivity index (χ1v) is 5.85. The van der Waals surface area contributed by atoms with Crippen molar-refractivity contribution in [3.63, 3.8) is 0 Å². The van der Waals surface area contributed by atoms with E-state index in [9.17, 15) is 0 Å². The standard InChI is InChI=1S/C10H14BrN3O/c1-6-8(11)9(12)14-10(13-6)7-3-2-4-15-5-7/h7H,2-5H2,1H3,(H2,12,13,14). The van der Waals surface area contributed by atoms with Gasteiger partial charge in [0.15, 0.2) is 0 Å². The van der Waals surface area contributed by atoms with Crippen molar-refractivity contribution in [3.05, 3.63) is 16.0 Å². The average molecular weight is 272 g/mol. The molecular formula is C10H14BrN3O. The van der Waals surface area contributed by atoms with E-state index in [1.165, 1.54) is 0 Å². The normalized spacial score (nSPS) is 21.6. The fourth-order valence-corrected chi connectivity index (χ4v) is 1.91. The number of nitrogens with zero attached hydrogens (tertiary/aromatic N) is 2. The lowest BCUT2D eigenvalue weighted by Gasteiger charge is -2.21. The van der Waals surface area contributed by atoms with E-state index in [-0.39, 0.29) is 0 Å². The third-order valence-corrected chi connectivity index (χ3v) is 3.57. The summed E-state index contributed by atoms with van der Waals surface area (Å²) in [7, 11) is 0. The molecule has 5 heteroatoms. The molecular weight excluding hydrogens is 258 g/mol. The van der Waals surface area contributed by atoms with Gasteiger partial charge in [0, 0.05) is 12.5 Å². The lowest BCUT2D eigenvalue weighted by atomic mass is 10.0. The molecule has 0 saturated carbocycles. The quantitative estimate of drug-likeness (QED) is 0.849. The monoisotopic (exact) mass is 271 g/mol. The molecule has 1 fully saturated rings. The van der Waals surface area contributed by atoms with Crippen molar-refractivity contribution in [2.24, 2.45) is 0 Å². The van der Waals surface area contributed by atoms with E-state index < -0.39 is 0 Å². The average Bonchev–Trinajstić information content (AvgIpc) is 2.26. The van der Waals surface area contributed by atoms with E-state index in [2.05, 4.69) is 25.9 Å². The van der Waals surface area contributed by atoms with Crippen LogP contribution in [-0.4, -0.2) is 23.2 Å². The van der Waals surface area contributed by atoms with Gasteiger partial charge < -0.3 is 10.5 Å². The van der Waals surface area contributed by atoms with Crippen molar-refractivity contribution in [3.8, 4) is 0 Å². The van der Waals surface area contributed by atoms with Gasteiger partial charge in [-0.2, -0.15) is 0 Å². The maximum absolute atomic E-state index is 5.79. The topological polar surface area (TPSA) is 61.0 Å². The van der Waals surface area contributed by atoms with Crippen molar-refractivity contribution < 1.29 is 4.74 Å². The van der Waals surface area contributed by atoms with Crippen LogP contribution in [0.4, 0.5) is 5.82 Å². The second-order valence-electron chi connectivity index (χ2n) is 3.78. The number of nitrogens with two attached hydrogens (primary N) is 1. The van der Waals surface area contributed by atoms with Crippen LogP contribution in [0.15, 0.2) is 4.47 Å². The molecule has 0 aromatic carbocycles. The molecule has 1 atom stereocenters. The van der Waals surface area contributed by atoms with Crippen molar-refractivity contribution in [1.82, 2.24) is 9.97 Å². The summed E-state index contributed by atoms with van der Waals surface area (Å²) < 4.78 is 6.21. The van der Waals surface area contributed by atoms with Crippen LogP contribution in [0.2, 0.25) is 0 Å². The lowest BCUT2D eigenvalue weighted by molar-refractivity contribution is 0.0780. The first kappa shape index (κ1) is 10.8.